The summed E-state index contributed by atoms with van der Waals surface area (Å²) in [5.41, 5.74) is -1.83. The Bertz CT molecular complexity index is 764. The Labute approximate surface area is 142 Å². The third kappa shape index (κ3) is 2.95. The summed E-state index contributed by atoms with van der Waals surface area (Å²) in [4.78, 5) is 13.4. The number of hydrogen-bond acceptors (Lipinski definition) is 3. The molecule has 0 bridgehead atoms. The van der Waals surface area contributed by atoms with Gasteiger partial charge in [0.2, 0.25) is 5.66 Å². The number of amides is 1. The second-order valence-corrected chi connectivity index (χ2v) is 5.86. The molecule has 1 unspecified atom stereocenters. The van der Waals surface area contributed by atoms with Crippen LogP contribution in [0.3, 0.4) is 0 Å². The van der Waals surface area contributed by atoms with Crippen LogP contribution in [0.4, 0.5) is 18.9 Å². The van der Waals surface area contributed by atoms with Gasteiger partial charge in [-0.15, -0.1) is 0 Å². The molecule has 4 nitrogen and oxygen atoms in total. The number of nitrogens with zero attached hydrogens (tertiary/aromatic N) is 1. The number of nitrogens with one attached hydrogen (secondary N) is 1. The first kappa shape index (κ1) is 17.3. The second-order valence-electron chi connectivity index (χ2n) is 5.86. The number of β-amino-alcohol motifs (C(OH)–C–C–N with tert-alkyl or cyclic N) is 1. The molecule has 0 saturated carbocycles. The van der Waals surface area contributed by atoms with Crippen molar-refractivity contribution in [3.63, 3.8) is 0 Å². The summed E-state index contributed by atoms with van der Waals surface area (Å²) in [7, 11) is 0. The predicted octanol–water partition coefficient (Wildman–Crippen LogP) is 3.05. The van der Waals surface area contributed by atoms with Gasteiger partial charge in [0.05, 0.1) is 6.61 Å². The second kappa shape index (κ2) is 6.40. The van der Waals surface area contributed by atoms with Gasteiger partial charge in [0, 0.05) is 24.2 Å². The van der Waals surface area contributed by atoms with E-state index in [1.165, 1.54) is 24.3 Å². The topological polar surface area (TPSA) is 52.6 Å². The molecule has 1 amide bonds. The summed E-state index contributed by atoms with van der Waals surface area (Å²) in [6, 6.07) is 14.2. The van der Waals surface area contributed by atoms with Crippen molar-refractivity contribution in [3.05, 3.63) is 65.7 Å². The lowest BCUT2D eigenvalue weighted by Gasteiger charge is -2.48. The number of fused-ring (bicyclic) bond motifs is 1. The Hall–Kier alpha value is -2.54. The molecule has 1 aliphatic rings. The zero-order valence-electron chi connectivity index (χ0n) is 13.3. The highest BCUT2D eigenvalue weighted by atomic mass is 19.4. The van der Waals surface area contributed by atoms with Gasteiger partial charge in [-0.25, -0.2) is 0 Å². The molecule has 1 heterocycles. The smallest absolute Gasteiger partial charge is 0.395 e. The van der Waals surface area contributed by atoms with Crippen LogP contribution in [0, 0.1) is 0 Å². The van der Waals surface area contributed by atoms with Crippen LogP contribution in [0.15, 0.2) is 54.6 Å². The van der Waals surface area contributed by atoms with Crippen LogP contribution in [-0.2, 0) is 6.42 Å². The molecule has 0 aromatic heterocycles. The molecular formula is C18H17F3N2O2. The van der Waals surface area contributed by atoms with Crippen LogP contribution in [0.25, 0.3) is 0 Å². The van der Waals surface area contributed by atoms with Crippen LogP contribution in [-0.4, -0.2) is 40.9 Å². The number of rotatable bonds is 4. The number of aliphatic hydroxyl groups is 1. The van der Waals surface area contributed by atoms with Gasteiger partial charge >= 0.3 is 6.18 Å². The summed E-state index contributed by atoms with van der Waals surface area (Å²) in [5, 5.41) is 11.8. The SMILES string of the molecule is O=C1c2ccccc2CC(Nc2ccccc2)(C(F)(F)F)N1CCO. The number of hydrogen-bond donors (Lipinski definition) is 2. The van der Waals surface area contributed by atoms with Crippen molar-refractivity contribution < 1.29 is 23.1 Å². The summed E-state index contributed by atoms with van der Waals surface area (Å²) in [6.45, 7) is -0.991. The highest BCUT2D eigenvalue weighted by molar-refractivity contribution is 5.98. The Morgan fingerprint density at radius 2 is 1.72 bits per heavy atom. The van der Waals surface area contributed by atoms with Crippen LogP contribution in [0.1, 0.15) is 15.9 Å². The quantitative estimate of drug-likeness (QED) is 0.891. The first-order valence-electron chi connectivity index (χ1n) is 7.80. The Morgan fingerprint density at radius 1 is 1.08 bits per heavy atom. The maximum absolute atomic E-state index is 14.2. The van der Waals surface area contributed by atoms with E-state index in [-0.39, 0.29) is 11.3 Å². The molecule has 2 aromatic rings. The molecule has 0 saturated heterocycles. The van der Waals surface area contributed by atoms with E-state index in [9.17, 15) is 23.1 Å². The predicted molar refractivity (Wildman–Crippen MR) is 87.1 cm³/mol. The fourth-order valence-electron chi connectivity index (χ4n) is 3.16. The summed E-state index contributed by atoms with van der Waals surface area (Å²) in [5.74, 6) is -0.753. The molecule has 3 rings (SSSR count). The van der Waals surface area contributed by atoms with E-state index in [2.05, 4.69) is 5.32 Å². The molecule has 7 heteroatoms. The first-order valence-corrected chi connectivity index (χ1v) is 7.80. The number of aliphatic hydroxyl groups excluding tert-OH is 1. The Balaban J connectivity index is 2.15. The number of anilines is 1. The van der Waals surface area contributed by atoms with Gasteiger partial charge < -0.3 is 15.3 Å². The van der Waals surface area contributed by atoms with E-state index >= 15 is 0 Å². The number of benzene rings is 2. The molecule has 2 aromatic carbocycles. The number of carbonyl (C=O) groups is 1. The molecule has 25 heavy (non-hydrogen) atoms. The van der Waals surface area contributed by atoms with Crippen molar-refractivity contribution in [2.45, 2.75) is 18.3 Å². The van der Waals surface area contributed by atoms with E-state index in [4.69, 9.17) is 0 Å². The van der Waals surface area contributed by atoms with Crippen LogP contribution < -0.4 is 5.32 Å². The molecule has 0 spiro atoms. The minimum atomic E-state index is -4.75. The van der Waals surface area contributed by atoms with E-state index < -0.39 is 37.3 Å². The van der Waals surface area contributed by atoms with Crippen molar-refractivity contribution in [1.29, 1.82) is 0 Å². The number of halogens is 3. The fraction of sp³-hybridized carbons (Fsp3) is 0.278. The number of para-hydroxylation sites is 1. The van der Waals surface area contributed by atoms with Crippen molar-refractivity contribution in [1.82, 2.24) is 4.90 Å². The zero-order chi connectivity index (χ0) is 18.1. The standard InChI is InChI=1S/C18H17F3N2O2/c19-18(20,21)17(22-14-7-2-1-3-8-14)12-13-6-4-5-9-15(13)16(25)23(17)10-11-24/h1-9,22,24H,10-12H2. The van der Waals surface area contributed by atoms with Gasteiger partial charge in [0.25, 0.3) is 5.91 Å². The molecule has 2 N–H and O–H groups in total. The fourth-order valence-corrected chi connectivity index (χ4v) is 3.16. The Morgan fingerprint density at radius 3 is 2.36 bits per heavy atom. The zero-order valence-corrected chi connectivity index (χ0v) is 13.3. The van der Waals surface area contributed by atoms with Gasteiger partial charge in [-0.05, 0) is 23.8 Å². The van der Waals surface area contributed by atoms with E-state index in [0.717, 1.165) is 0 Å². The van der Waals surface area contributed by atoms with Crippen LogP contribution in [0.5, 0.6) is 0 Å². The maximum Gasteiger partial charge on any atom is 0.430 e. The first-order chi connectivity index (χ1) is 11.9. The van der Waals surface area contributed by atoms with Crippen molar-refractivity contribution >= 4 is 11.6 Å². The van der Waals surface area contributed by atoms with E-state index in [1.807, 2.05) is 0 Å². The normalized spacial score (nSPS) is 20.3. The summed E-state index contributed by atoms with van der Waals surface area (Å²) in [6.07, 6.45) is -5.19. The molecule has 0 radical (unpaired) electrons. The third-order valence-electron chi connectivity index (χ3n) is 4.32. The molecule has 1 aliphatic heterocycles. The largest absolute Gasteiger partial charge is 0.430 e. The number of alkyl halides is 3. The lowest BCUT2D eigenvalue weighted by molar-refractivity contribution is -0.216. The average molecular weight is 350 g/mol. The minimum absolute atomic E-state index is 0.227. The molecule has 0 fully saturated rings. The van der Waals surface area contributed by atoms with Gasteiger partial charge in [-0.1, -0.05) is 36.4 Å². The maximum atomic E-state index is 14.2. The molecular weight excluding hydrogens is 333 g/mol. The van der Waals surface area contributed by atoms with Gasteiger partial charge in [0.15, 0.2) is 0 Å². The van der Waals surface area contributed by atoms with Crippen molar-refractivity contribution in [2.24, 2.45) is 0 Å². The monoisotopic (exact) mass is 350 g/mol. The lowest BCUT2D eigenvalue weighted by Crippen LogP contribution is -2.69. The highest BCUT2D eigenvalue weighted by Crippen LogP contribution is 2.43. The van der Waals surface area contributed by atoms with Crippen LogP contribution >= 0.6 is 0 Å². The molecule has 132 valence electrons. The van der Waals surface area contributed by atoms with Gasteiger partial charge in [-0.3, -0.25) is 4.79 Å². The Kier molecular flexibility index (Phi) is 4.43. The average Bonchev–Trinajstić information content (AvgIpc) is 2.58. The van der Waals surface area contributed by atoms with Crippen LogP contribution in [0.2, 0.25) is 0 Å². The number of carbonyl (C=O) groups excluding carboxylic acids is 1. The van der Waals surface area contributed by atoms with Gasteiger partial charge in [0.1, 0.15) is 0 Å². The summed E-state index contributed by atoms with van der Waals surface area (Å²) < 4.78 is 42.6. The van der Waals surface area contributed by atoms with Crippen molar-refractivity contribution in [2.75, 3.05) is 18.5 Å². The highest BCUT2D eigenvalue weighted by Gasteiger charge is 2.62. The van der Waals surface area contributed by atoms with Gasteiger partial charge in [-0.2, -0.15) is 13.2 Å². The minimum Gasteiger partial charge on any atom is -0.395 e. The third-order valence-corrected chi connectivity index (χ3v) is 4.32. The molecule has 0 aliphatic carbocycles. The van der Waals surface area contributed by atoms with Crippen molar-refractivity contribution in [3.8, 4) is 0 Å². The van der Waals surface area contributed by atoms with E-state index in [0.29, 0.717) is 10.5 Å². The molecule has 1 atom stereocenters. The summed E-state index contributed by atoms with van der Waals surface area (Å²) >= 11 is 0. The lowest BCUT2D eigenvalue weighted by atomic mass is 9.87. The van der Waals surface area contributed by atoms with E-state index in [1.54, 1.807) is 30.3 Å².